The molecule has 0 spiro atoms. The second kappa shape index (κ2) is 8.63. The Bertz CT molecular complexity index is 1090. The van der Waals surface area contributed by atoms with Crippen molar-refractivity contribution in [3.63, 3.8) is 0 Å². The van der Waals surface area contributed by atoms with Gasteiger partial charge in [-0.1, -0.05) is 18.2 Å². The van der Waals surface area contributed by atoms with Gasteiger partial charge in [-0.2, -0.15) is 0 Å². The summed E-state index contributed by atoms with van der Waals surface area (Å²) >= 11 is 1.45. The van der Waals surface area contributed by atoms with Crippen LogP contribution in [0.2, 0.25) is 0 Å². The highest BCUT2D eigenvalue weighted by molar-refractivity contribution is 7.17. The van der Waals surface area contributed by atoms with E-state index in [0.717, 1.165) is 27.6 Å². The molecule has 0 aliphatic carbocycles. The molecule has 1 aromatic heterocycles. The van der Waals surface area contributed by atoms with E-state index in [0.29, 0.717) is 10.6 Å². The highest BCUT2D eigenvalue weighted by Gasteiger charge is 2.11. The summed E-state index contributed by atoms with van der Waals surface area (Å²) in [4.78, 5) is 14.3. The van der Waals surface area contributed by atoms with Crippen LogP contribution >= 0.6 is 11.3 Å². The van der Waals surface area contributed by atoms with E-state index in [1.54, 1.807) is 7.11 Å². The second-order valence-corrected chi connectivity index (χ2v) is 7.37. The number of amides is 1. The number of carbonyl (C=O) groups is 1. The molecule has 0 atom stereocenters. The zero-order chi connectivity index (χ0) is 20.1. The number of benzene rings is 3. The largest absolute Gasteiger partial charge is 0.497 e. The Kier molecular flexibility index (Phi) is 5.59. The van der Waals surface area contributed by atoms with Gasteiger partial charge in [0.1, 0.15) is 17.2 Å². The number of carbonyl (C=O) groups excluding carboxylic acids is 1. The minimum Gasteiger partial charge on any atom is -0.497 e. The van der Waals surface area contributed by atoms with Crippen LogP contribution in [0.1, 0.15) is 9.67 Å². The molecule has 0 fully saturated rings. The van der Waals surface area contributed by atoms with Crippen molar-refractivity contribution >= 4 is 22.9 Å². The Morgan fingerprint density at radius 2 is 1.41 bits per heavy atom. The Balaban J connectivity index is 1.41. The molecule has 0 aliphatic rings. The van der Waals surface area contributed by atoms with Gasteiger partial charge in [0.05, 0.1) is 12.0 Å². The Hall–Kier alpha value is -3.57. The zero-order valence-electron chi connectivity index (χ0n) is 15.8. The normalized spacial score (nSPS) is 10.4. The first-order chi connectivity index (χ1) is 14.2. The molecular formula is C24H19NO3S. The van der Waals surface area contributed by atoms with Gasteiger partial charge in [0, 0.05) is 10.6 Å². The fourth-order valence-corrected chi connectivity index (χ4v) is 3.70. The molecule has 0 bridgehead atoms. The summed E-state index contributed by atoms with van der Waals surface area (Å²) in [7, 11) is 1.64. The SMILES string of the molecule is COc1ccc(-c2ccc(C(=O)Nc3ccc(Oc4ccccc4)cc3)s2)cc1. The first kappa shape index (κ1) is 18.8. The summed E-state index contributed by atoms with van der Waals surface area (Å²) in [5.41, 5.74) is 1.77. The molecule has 0 aliphatic heterocycles. The molecule has 0 saturated carbocycles. The molecule has 0 saturated heterocycles. The van der Waals surface area contributed by atoms with Gasteiger partial charge in [-0.15, -0.1) is 11.3 Å². The first-order valence-electron chi connectivity index (χ1n) is 9.10. The van der Waals surface area contributed by atoms with Crippen LogP contribution in [0.3, 0.4) is 0 Å². The summed E-state index contributed by atoms with van der Waals surface area (Å²) in [6.07, 6.45) is 0. The number of nitrogens with one attached hydrogen (secondary N) is 1. The number of methoxy groups -OCH3 is 1. The topological polar surface area (TPSA) is 47.6 Å². The molecule has 5 heteroatoms. The lowest BCUT2D eigenvalue weighted by Gasteiger charge is -2.07. The van der Waals surface area contributed by atoms with Gasteiger partial charge in [-0.3, -0.25) is 4.79 Å². The third kappa shape index (κ3) is 4.65. The van der Waals surface area contributed by atoms with Gasteiger partial charge in [-0.25, -0.2) is 0 Å². The average molecular weight is 401 g/mol. The van der Waals surface area contributed by atoms with Gasteiger partial charge in [0.15, 0.2) is 0 Å². The predicted molar refractivity (Wildman–Crippen MR) is 117 cm³/mol. The number of anilines is 1. The van der Waals surface area contributed by atoms with E-state index in [9.17, 15) is 4.79 Å². The van der Waals surface area contributed by atoms with Crippen molar-refractivity contribution in [2.24, 2.45) is 0 Å². The number of ether oxygens (including phenoxy) is 2. The highest BCUT2D eigenvalue weighted by Crippen LogP contribution is 2.30. The highest BCUT2D eigenvalue weighted by atomic mass is 32.1. The smallest absolute Gasteiger partial charge is 0.265 e. The van der Waals surface area contributed by atoms with Crippen molar-refractivity contribution in [3.8, 4) is 27.7 Å². The maximum Gasteiger partial charge on any atom is 0.265 e. The van der Waals surface area contributed by atoms with Gasteiger partial charge < -0.3 is 14.8 Å². The van der Waals surface area contributed by atoms with E-state index in [2.05, 4.69) is 5.32 Å². The molecule has 3 aromatic carbocycles. The van der Waals surface area contributed by atoms with E-state index in [4.69, 9.17) is 9.47 Å². The third-order valence-corrected chi connectivity index (χ3v) is 5.43. The van der Waals surface area contributed by atoms with Gasteiger partial charge in [0.25, 0.3) is 5.91 Å². The van der Waals surface area contributed by atoms with E-state index in [-0.39, 0.29) is 5.91 Å². The summed E-state index contributed by atoms with van der Waals surface area (Å²) < 4.78 is 11.0. The van der Waals surface area contributed by atoms with Crippen LogP contribution in [-0.2, 0) is 0 Å². The Morgan fingerprint density at radius 3 is 2.10 bits per heavy atom. The zero-order valence-corrected chi connectivity index (χ0v) is 16.6. The maximum absolute atomic E-state index is 12.6. The summed E-state index contributed by atoms with van der Waals surface area (Å²) in [5.74, 6) is 2.16. The molecule has 4 nitrogen and oxygen atoms in total. The van der Waals surface area contributed by atoms with E-state index in [1.807, 2.05) is 91.0 Å². The van der Waals surface area contributed by atoms with Gasteiger partial charge >= 0.3 is 0 Å². The van der Waals surface area contributed by atoms with Crippen LogP contribution in [-0.4, -0.2) is 13.0 Å². The number of rotatable bonds is 6. The molecule has 4 rings (SSSR count). The monoisotopic (exact) mass is 401 g/mol. The summed E-state index contributed by atoms with van der Waals surface area (Å²) in [5, 5.41) is 2.93. The molecule has 4 aromatic rings. The van der Waals surface area contributed by atoms with Crippen LogP contribution in [0.4, 0.5) is 5.69 Å². The van der Waals surface area contributed by atoms with Crippen LogP contribution in [0, 0.1) is 0 Å². The second-order valence-electron chi connectivity index (χ2n) is 6.29. The minimum atomic E-state index is -0.133. The summed E-state index contributed by atoms with van der Waals surface area (Å²) in [6.45, 7) is 0. The predicted octanol–water partition coefficient (Wildman–Crippen LogP) is 6.47. The van der Waals surface area contributed by atoms with E-state index in [1.165, 1.54) is 11.3 Å². The Morgan fingerprint density at radius 1 is 0.759 bits per heavy atom. The molecular weight excluding hydrogens is 382 g/mol. The van der Waals surface area contributed by atoms with Crippen molar-refractivity contribution < 1.29 is 14.3 Å². The molecule has 1 amide bonds. The summed E-state index contributed by atoms with van der Waals surface area (Å²) in [6, 6.07) is 28.5. The van der Waals surface area contributed by atoms with Crippen LogP contribution in [0.5, 0.6) is 17.2 Å². The number of para-hydroxylation sites is 1. The minimum absolute atomic E-state index is 0.133. The molecule has 0 radical (unpaired) electrons. The van der Waals surface area contributed by atoms with E-state index < -0.39 is 0 Å². The van der Waals surface area contributed by atoms with Crippen molar-refractivity contribution in [3.05, 3.63) is 95.9 Å². The number of hydrogen-bond acceptors (Lipinski definition) is 4. The van der Waals surface area contributed by atoms with Crippen molar-refractivity contribution in [1.29, 1.82) is 0 Å². The lowest BCUT2D eigenvalue weighted by molar-refractivity contribution is 0.103. The lowest BCUT2D eigenvalue weighted by atomic mass is 10.2. The van der Waals surface area contributed by atoms with E-state index >= 15 is 0 Å². The fraction of sp³-hybridized carbons (Fsp3) is 0.0417. The molecule has 29 heavy (non-hydrogen) atoms. The van der Waals surface area contributed by atoms with Gasteiger partial charge in [0.2, 0.25) is 0 Å². The molecule has 0 unspecified atom stereocenters. The van der Waals surface area contributed by atoms with Crippen molar-refractivity contribution in [2.45, 2.75) is 0 Å². The molecule has 144 valence electrons. The fourth-order valence-electron chi connectivity index (χ4n) is 2.79. The van der Waals surface area contributed by atoms with Crippen molar-refractivity contribution in [1.82, 2.24) is 0 Å². The van der Waals surface area contributed by atoms with Crippen LogP contribution < -0.4 is 14.8 Å². The maximum atomic E-state index is 12.6. The van der Waals surface area contributed by atoms with Crippen LogP contribution in [0.25, 0.3) is 10.4 Å². The average Bonchev–Trinajstić information content (AvgIpc) is 3.26. The quantitative estimate of drug-likeness (QED) is 0.403. The number of thiophene rings is 1. The third-order valence-electron chi connectivity index (χ3n) is 4.30. The van der Waals surface area contributed by atoms with Crippen molar-refractivity contribution in [2.75, 3.05) is 12.4 Å². The molecule has 1 N–H and O–H groups in total. The van der Waals surface area contributed by atoms with Crippen LogP contribution in [0.15, 0.2) is 91.0 Å². The first-order valence-corrected chi connectivity index (χ1v) is 9.91. The Labute approximate surface area is 173 Å². The standard InChI is InChI=1S/C24H19NO3S/c1-27-19-11-7-17(8-12-19)22-15-16-23(29-22)24(26)25-18-9-13-21(14-10-18)28-20-5-3-2-4-6-20/h2-16H,1H3,(H,25,26). The number of hydrogen-bond donors (Lipinski definition) is 1. The van der Waals surface area contributed by atoms with Gasteiger partial charge in [-0.05, 0) is 78.4 Å². The molecule has 1 heterocycles. The lowest BCUT2D eigenvalue weighted by Crippen LogP contribution is -2.09.